The van der Waals surface area contributed by atoms with Gasteiger partial charge in [-0.3, -0.25) is 33.6 Å². The largest absolute Gasteiger partial charge is 0.481 e. The molecule has 57 heavy (non-hydrogen) atoms. The Balaban J connectivity index is 2.54. The summed E-state index contributed by atoms with van der Waals surface area (Å²) in [6.07, 6.45) is -1.93. The standard InChI is InChI=1S/C33H45N7O17/c41-23(37-22(14-26(46)47)29(51)38-21(13-25(44)45)28(50)35-16-27(48)49)12-17-5-7-18(8-6-17)15-36-32(56)34-11-3-1-2-4-19(30(52)53)39-33(57)40-20(31(54)55)9-10-24(42)43/h5-8,19-22H,1-4,9-16H2,(H,35,50)(H,37,41)(H,38,51)(H,42,43)(H,44,45)(H,46,47)(H,48,49)(H,52,53)(H,54,55)(H2,34,36,56)(H2,39,40,57)/t19-,20-,21-,22-/m0/s1. The van der Waals surface area contributed by atoms with Crippen LogP contribution in [0.5, 0.6) is 0 Å². The first-order valence-corrected chi connectivity index (χ1v) is 17.1. The van der Waals surface area contributed by atoms with Crippen LogP contribution in [0, 0.1) is 0 Å². The second kappa shape index (κ2) is 25.1. The summed E-state index contributed by atoms with van der Waals surface area (Å²) in [6, 6.07) is -1.75. The molecule has 24 heteroatoms. The van der Waals surface area contributed by atoms with E-state index in [1.54, 1.807) is 12.1 Å². The van der Waals surface area contributed by atoms with Gasteiger partial charge >= 0.3 is 47.9 Å². The van der Waals surface area contributed by atoms with Crippen molar-refractivity contribution in [3.8, 4) is 0 Å². The van der Waals surface area contributed by atoms with Gasteiger partial charge in [0.15, 0.2) is 0 Å². The van der Waals surface area contributed by atoms with Crippen molar-refractivity contribution in [1.29, 1.82) is 0 Å². The number of carboxylic acid groups (broad SMARTS) is 6. The van der Waals surface area contributed by atoms with Gasteiger partial charge in [0.1, 0.15) is 30.7 Å². The molecule has 24 nitrogen and oxygen atoms in total. The van der Waals surface area contributed by atoms with Crippen LogP contribution in [0.3, 0.4) is 0 Å². The van der Waals surface area contributed by atoms with Gasteiger partial charge in [-0.2, -0.15) is 0 Å². The lowest BCUT2D eigenvalue weighted by atomic mass is 10.1. The number of carbonyl (C=O) groups is 11. The number of carboxylic acids is 6. The molecule has 0 aliphatic heterocycles. The van der Waals surface area contributed by atoms with Crippen molar-refractivity contribution in [2.45, 2.75) is 88.5 Å². The quantitative estimate of drug-likeness (QED) is 0.0418. The SMILES string of the molecule is O=C(O)CC[C@H](NC(=O)N[C@@H](CCCCCNC(=O)NCc1ccc(CC(=O)N[C@@H](CC(=O)O)C(=O)N[C@@H](CC(=O)O)C(=O)NCC(=O)O)cc1)C(=O)O)C(=O)O. The third kappa shape index (κ3) is 21.5. The second-order valence-corrected chi connectivity index (χ2v) is 12.3. The van der Waals surface area contributed by atoms with Crippen LogP contribution in [0.25, 0.3) is 0 Å². The monoisotopic (exact) mass is 811 g/mol. The smallest absolute Gasteiger partial charge is 0.326 e. The highest BCUT2D eigenvalue weighted by Gasteiger charge is 2.30. The molecule has 0 saturated carbocycles. The molecule has 13 N–H and O–H groups in total. The molecule has 7 amide bonds. The molecule has 0 aliphatic carbocycles. The Morgan fingerprint density at radius 1 is 0.491 bits per heavy atom. The molecule has 0 saturated heterocycles. The average molecular weight is 812 g/mol. The van der Waals surface area contributed by atoms with E-state index < -0.39 is 122 Å². The zero-order valence-electron chi connectivity index (χ0n) is 30.3. The Hall–Kier alpha value is -7.01. The van der Waals surface area contributed by atoms with Gasteiger partial charge in [0.25, 0.3) is 0 Å². The first kappa shape index (κ1) is 48.0. The maximum atomic E-state index is 12.8. The van der Waals surface area contributed by atoms with Crippen LogP contribution in [0.2, 0.25) is 0 Å². The summed E-state index contributed by atoms with van der Waals surface area (Å²) in [4.78, 5) is 129. The Bertz CT molecular complexity index is 1640. The minimum absolute atomic E-state index is 0.00953. The van der Waals surface area contributed by atoms with Crippen LogP contribution in [-0.2, 0) is 56.1 Å². The molecule has 0 aliphatic rings. The maximum Gasteiger partial charge on any atom is 0.326 e. The Morgan fingerprint density at radius 3 is 1.56 bits per heavy atom. The number of rotatable bonds is 27. The Labute approximate surface area is 323 Å². The molecule has 1 rings (SSSR count). The van der Waals surface area contributed by atoms with Crippen LogP contribution in [0.4, 0.5) is 9.59 Å². The fourth-order valence-corrected chi connectivity index (χ4v) is 4.77. The number of unbranched alkanes of at least 4 members (excludes halogenated alkanes) is 2. The number of hydrogen-bond donors (Lipinski definition) is 13. The first-order chi connectivity index (χ1) is 26.8. The van der Waals surface area contributed by atoms with Crippen molar-refractivity contribution in [1.82, 2.24) is 37.2 Å². The van der Waals surface area contributed by atoms with Gasteiger partial charge in [0.2, 0.25) is 17.7 Å². The summed E-state index contributed by atoms with van der Waals surface area (Å²) in [5.74, 6) is -11.7. The zero-order chi connectivity index (χ0) is 43.1. The number of hydrogen-bond acceptors (Lipinski definition) is 11. The Morgan fingerprint density at radius 2 is 1.04 bits per heavy atom. The van der Waals surface area contributed by atoms with E-state index >= 15 is 0 Å². The third-order valence-electron chi connectivity index (χ3n) is 7.61. The summed E-state index contributed by atoms with van der Waals surface area (Å²) in [7, 11) is 0. The van der Waals surface area contributed by atoms with Crippen LogP contribution >= 0.6 is 0 Å². The molecule has 1 aromatic rings. The van der Waals surface area contributed by atoms with Crippen molar-refractivity contribution in [3.63, 3.8) is 0 Å². The van der Waals surface area contributed by atoms with E-state index in [0.29, 0.717) is 30.4 Å². The zero-order valence-corrected chi connectivity index (χ0v) is 30.3. The minimum atomic E-state index is -1.77. The highest BCUT2D eigenvalue weighted by atomic mass is 16.4. The number of amides is 7. The molecule has 0 bridgehead atoms. The van der Waals surface area contributed by atoms with Crippen LogP contribution in [-0.4, -0.2) is 133 Å². The normalized spacial score (nSPS) is 12.6. The van der Waals surface area contributed by atoms with E-state index in [0.717, 1.165) is 0 Å². The molecule has 314 valence electrons. The Kier molecular flexibility index (Phi) is 21.2. The second-order valence-electron chi connectivity index (χ2n) is 12.3. The highest BCUT2D eigenvalue weighted by Crippen LogP contribution is 2.08. The molecule has 0 spiro atoms. The van der Waals surface area contributed by atoms with Crippen molar-refractivity contribution in [2.24, 2.45) is 0 Å². The molecule has 4 atom stereocenters. The van der Waals surface area contributed by atoms with Gasteiger partial charge in [-0.15, -0.1) is 0 Å². The fourth-order valence-electron chi connectivity index (χ4n) is 4.77. The summed E-state index contributed by atoms with van der Waals surface area (Å²) >= 11 is 0. The molecule has 0 fully saturated rings. The topological polar surface area (TPSA) is 393 Å². The lowest BCUT2D eigenvalue weighted by Crippen LogP contribution is -2.55. The van der Waals surface area contributed by atoms with Gasteiger partial charge in [-0.25, -0.2) is 19.2 Å². The summed E-state index contributed by atoms with van der Waals surface area (Å²) < 4.78 is 0. The predicted octanol–water partition coefficient (Wildman–Crippen LogP) is -2.22. The van der Waals surface area contributed by atoms with Gasteiger partial charge in [-0.05, 0) is 30.4 Å². The maximum absolute atomic E-state index is 12.8. The molecule has 0 aromatic heterocycles. The molecular weight excluding hydrogens is 766 g/mol. The number of nitrogens with one attached hydrogen (secondary N) is 7. The van der Waals surface area contributed by atoms with E-state index in [1.807, 2.05) is 16.0 Å². The van der Waals surface area contributed by atoms with Crippen LogP contribution < -0.4 is 37.2 Å². The molecular formula is C33H45N7O17. The van der Waals surface area contributed by atoms with E-state index in [1.165, 1.54) is 12.1 Å². The summed E-state index contributed by atoms with van der Waals surface area (Å²) in [6.45, 7) is -0.588. The third-order valence-corrected chi connectivity index (χ3v) is 7.61. The van der Waals surface area contributed by atoms with Crippen LogP contribution in [0.15, 0.2) is 24.3 Å². The fraction of sp³-hybridized carbons (Fsp3) is 0.485. The van der Waals surface area contributed by atoms with Crippen molar-refractivity contribution in [2.75, 3.05) is 13.1 Å². The first-order valence-electron chi connectivity index (χ1n) is 17.1. The lowest BCUT2D eigenvalue weighted by molar-refractivity contribution is -0.143. The van der Waals surface area contributed by atoms with Crippen molar-refractivity contribution in [3.05, 3.63) is 35.4 Å². The predicted molar refractivity (Wildman–Crippen MR) is 189 cm³/mol. The molecule has 0 heterocycles. The van der Waals surface area contributed by atoms with Crippen LogP contribution in [0.1, 0.15) is 62.5 Å². The van der Waals surface area contributed by atoms with E-state index in [9.17, 15) is 63.0 Å². The van der Waals surface area contributed by atoms with Gasteiger partial charge in [0, 0.05) is 19.5 Å². The van der Waals surface area contributed by atoms with Crippen molar-refractivity contribution < 1.29 is 83.4 Å². The number of aliphatic carboxylic acids is 6. The van der Waals surface area contributed by atoms with Gasteiger partial charge < -0.3 is 67.9 Å². The van der Waals surface area contributed by atoms with E-state index in [-0.39, 0.29) is 25.9 Å². The van der Waals surface area contributed by atoms with E-state index in [4.69, 9.17) is 20.4 Å². The van der Waals surface area contributed by atoms with Gasteiger partial charge in [-0.1, -0.05) is 37.1 Å². The summed E-state index contributed by atoms with van der Waals surface area (Å²) in [5.41, 5.74) is 1.05. The summed E-state index contributed by atoms with van der Waals surface area (Å²) in [5, 5.41) is 69.8. The van der Waals surface area contributed by atoms with E-state index in [2.05, 4.69) is 21.3 Å². The average Bonchev–Trinajstić information content (AvgIpc) is 3.11. The molecule has 0 radical (unpaired) electrons. The lowest BCUT2D eigenvalue weighted by Gasteiger charge is -2.21. The number of urea groups is 2. The number of benzene rings is 1. The highest BCUT2D eigenvalue weighted by molar-refractivity contribution is 5.96. The minimum Gasteiger partial charge on any atom is -0.481 e. The molecule has 1 aromatic carbocycles. The van der Waals surface area contributed by atoms with Crippen molar-refractivity contribution >= 4 is 65.6 Å². The molecule has 0 unspecified atom stereocenters. The number of carbonyl (C=O) groups excluding carboxylic acids is 5. The van der Waals surface area contributed by atoms with Gasteiger partial charge in [0.05, 0.1) is 19.3 Å².